The second kappa shape index (κ2) is 8.49. The van der Waals surface area contributed by atoms with E-state index >= 15 is 0 Å². The SMILES string of the molecule is CC(C)C(=O)NCCc1csc([C@H]2CCCN(C(=O)c3ccco3)C2)n1. The first-order valence-electron chi connectivity index (χ1n) is 9.09. The van der Waals surface area contributed by atoms with Gasteiger partial charge in [-0.2, -0.15) is 0 Å². The monoisotopic (exact) mass is 375 g/mol. The predicted molar refractivity (Wildman–Crippen MR) is 100 cm³/mol. The Hall–Kier alpha value is -2.15. The average Bonchev–Trinajstić information content (AvgIpc) is 3.33. The fourth-order valence-corrected chi connectivity index (χ4v) is 4.04. The Bertz CT molecular complexity index is 739. The average molecular weight is 375 g/mol. The summed E-state index contributed by atoms with van der Waals surface area (Å²) < 4.78 is 5.24. The smallest absolute Gasteiger partial charge is 0.289 e. The lowest BCUT2D eigenvalue weighted by Gasteiger charge is -2.31. The predicted octanol–water partition coefficient (Wildman–Crippen LogP) is 3.07. The zero-order chi connectivity index (χ0) is 18.5. The lowest BCUT2D eigenvalue weighted by Crippen LogP contribution is -2.38. The third-order valence-corrected chi connectivity index (χ3v) is 5.62. The minimum absolute atomic E-state index is 0.000848. The summed E-state index contributed by atoms with van der Waals surface area (Å²) in [4.78, 5) is 30.7. The van der Waals surface area contributed by atoms with E-state index in [1.165, 1.54) is 6.26 Å². The van der Waals surface area contributed by atoms with Crippen molar-refractivity contribution in [1.82, 2.24) is 15.2 Å². The Morgan fingerprint density at radius 3 is 3.04 bits per heavy atom. The van der Waals surface area contributed by atoms with Crippen molar-refractivity contribution in [1.29, 1.82) is 0 Å². The number of hydrogen-bond acceptors (Lipinski definition) is 5. The van der Waals surface area contributed by atoms with E-state index in [1.54, 1.807) is 23.5 Å². The molecule has 0 aromatic carbocycles. The summed E-state index contributed by atoms with van der Waals surface area (Å²) in [5.41, 5.74) is 1.00. The number of piperidine rings is 1. The van der Waals surface area contributed by atoms with Crippen LogP contribution in [0.2, 0.25) is 0 Å². The van der Waals surface area contributed by atoms with Crippen molar-refractivity contribution in [3.8, 4) is 0 Å². The summed E-state index contributed by atoms with van der Waals surface area (Å²) in [5, 5.41) is 6.06. The van der Waals surface area contributed by atoms with Crippen molar-refractivity contribution in [2.24, 2.45) is 5.92 Å². The molecule has 2 aromatic heterocycles. The number of hydrogen-bond donors (Lipinski definition) is 1. The van der Waals surface area contributed by atoms with E-state index < -0.39 is 0 Å². The molecule has 7 heteroatoms. The number of nitrogens with zero attached hydrogens (tertiary/aromatic N) is 2. The molecule has 0 bridgehead atoms. The number of aromatic nitrogens is 1. The molecule has 26 heavy (non-hydrogen) atoms. The normalized spacial score (nSPS) is 17.5. The van der Waals surface area contributed by atoms with E-state index in [1.807, 2.05) is 18.7 Å². The molecule has 1 aliphatic heterocycles. The summed E-state index contributed by atoms with van der Waals surface area (Å²) >= 11 is 1.65. The molecule has 3 heterocycles. The number of rotatable bonds is 6. The van der Waals surface area contributed by atoms with E-state index in [2.05, 4.69) is 10.7 Å². The molecule has 0 unspecified atom stereocenters. The molecule has 3 rings (SSSR count). The second-order valence-corrected chi connectivity index (χ2v) is 7.83. The van der Waals surface area contributed by atoms with E-state index in [0.717, 1.165) is 36.5 Å². The number of amides is 2. The van der Waals surface area contributed by atoms with Gasteiger partial charge in [-0.05, 0) is 25.0 Å². The van der Waals surface area contributed by atoms with Gasteiger partial charge in [-0.25, -0.2) is 4.98 Å². The van der Waals surface area contributed by atoms with Crippen LogP contribution < -0.4 is 5.32 Å². The quantitative estimate of drug-likeness (QED) is 0.842. The van der Waals surface area contributed by atoms with Crippen LogP contribution in [0, 0.1) is 5.92 Å². The van der Waals surface area contributed by atoms with E-state index in [9.17, 15) is 9.59 Å². The molecule has 2 amide bonds. The fourth-order valence-electron chi connectivity index (χ4n) is 3.06. The Balaban J connectivity index is 1.55. The van der Waals surface area contributed by atoms with E-state index in [-0.39, 0.29) is 23.7 Å². The van der Waals surface area contributed by atoms with Gasteiger partial charge in [-0.3, -0.25) is 9.59 Å². The van der Waals surface area contributed by atoms with Crippen molar-refractivity contribution >= 4 is 23.2 Å². The van der Waals surface area contributed by atoms with Crippen molar-refractivity contribution in [2.75, 3.05) is 19.6 Å². The van der Waals surface area contributed by atoms with Gasteiger partial charge in [0, 0.05) is 43.3 Å². The van der Waals surface area contributed by atoms with Gasteiger partial charge in [0.15, 0.2) is 5.76 Å². The molecule has 0 aliphatic carbocycles. The van der Waals surface area contributed by atoms with Crippen molar-refractivity contribution in [3.63, 3.8) is 0 Å². The van der Waals surface area contributed by atoms with Crippen LogP contribution in [-0.2, 0) is 11.2 Å². The summed E-state index contributed by atoms with van der Waals surface area (Å²) in [6.45, 7) is 5.81. The topological polar surface area (TPSA) is 75.4 Å². The third-order valence-electron chi connectivity index (χ3n) is 4.56. The fraction of sp³-hybridized carbons (Fsp3) is 0.526. The van der Waals surface area contributed by atoms with Crippen LogP contribution in [-0.4, -0.2) is 41.3 Å². The largest absolute Gasteiger partial charge is 0.459 e. The lowest BCUT2D eigenvalue weighted by molar-refractivity contribution is -0.123. The number of carbonyl (C=O) groups is 2. The molecule has 2 aromatic rings. The Morgan fingerprint density at radius 1 is 1.46 bits per heavy atom. The molecular weight excluding hydrogens is 350 g/mol. The summed E-state index contributed by atoms with van der Waals surface area (Å²) in [6.07, 6.45) is 4.27. The van der Waals surface area contributed by atoms with Crippen molar-refractivity contribution < 1.29 is 14.0 Å². The molecule has 1 fully saturated rings. The first kappa shape index (κ1) is 18.6. The summed E-state index contributed by atoms with van der Waals surface area (Å²) in [7, 11) is 0. The molecule has 0 spiro atoms. The maximum Gasteiger partial charge on any atom is 0.289 e. The van der Waals surface area contributed by atoms with E-state index in [4.69, 9.17) is 9.40 Å². The zero-order valence-electron chi connectivity index (χ0n) is 15.2. The van der Waals surface area contributed by atoms with Crippen molar-refractivity contribution in [2.45, 2.75) is 39.0 Å². The van der Waals surface area contributed by atoms with Crippen LogP contribution in [0.25, 0.3) is 0 Å². The number of furan rings is 1. The highest BCUT2D eigenvalue weighted by Gasteiger charge is 2.28. The van der Waals surface area contributed by atoms with Crippen LogP contribution in [0.5, 0.6) is 0 Å². The highest BCUT2D eigenvalue weighted by atomic mass is 32.1. The molecule has 140 valence electrons. The molecule has 1 aliphatic rings. The highest BCUT2D eigenvalue weighted by molar-refractivity contribution is 7.09. The maximum atomic E-state index is 12.5. The number of nitrogens with one attached hydrogen (secondary N) is 1. The molecular formula is C19H25N3O3S. The van der Waals surface area contributed by atoms with Gasteiger partial charge in [0.1, 0.15) is 0 Å². The van der Waals surface area contributed by atoms with Crippen molar-refractivity contribution in [3.05, 3.63) is 40.2 Å². The molecule has 0 saturated carbocycles. The third kappa shape index (κ3) is 4.52. The van der Waals surface area contributed by atoms with Gasteiger partial charge in [0.2, 0.25) is 5.91 Å². The summed E-state index contributed by atoms with van der Waals surface area (Å²) in [6, 6.07) is 3.44. The van der Waals surface area contributed by atoms with E-state index in [0.29, 0.717) is 18.8 Å². The summed E-state index contributed by atoms with van der Waals surface area (Å²) in [5.74, 6) is 0.687. The van der Waals surface area contributed by atoms with Crippen LogP contribution in [0.3, 0.4) is 0 Å². The van der Waals surface area contributed by atoms with Crippen LogP contribution in [0.4, 0.5) is 0 Å². The Morgan fingerprint density at radius 2 is 2.31 bits per heavy atom. The number of thiazole rings is 1. The maximum absolute atomic E-state index is 12.5. The minimum Gasteiger partial charge on any atom is -0.459 e. The second-order valence-electron chi connectivity index (χ2n) is 6.94. The first-order valence-corrected chi connectivity index (χ1v) is 9.97. The Kier molecular flexibility index (Phi) is 6.08. The highest BCUT2D eigenvalue weighted by Crippen LogP contribution is 2.30. The molecule has 6 nitrogen and oxygen atoms in total. The number of likely N-dealkylation sites (tertiary alicyclic amines) is 1. The zero-order valence-corrected chi connectivity index (χ0v) is 16.1. The van der Waals surface area contributed by atoms with Crippen LogP contribution in [0.15, 0.2) is 28.2 Å². The minimum atomic E-state index is -0.0483. The van der Waals surface area contributed by atoms with Crippen LogP contribution in [0.1, 0.15) is 53.9 Å². The lowest BCUT2D eigenvalue weighted by atomic mass is 9.98. The van der Waals surface area contributed by atoms with Gasteiger partial charge >= 0.3 is 0 Å². The molecule has 1 atom stereocenters. The standard InChI is InChI=1S/C19H25N3O3S/c1-13(2)17(23)20-8-7-15-12-26-18(21-15)14-5-3-9-22(11-14)19(24)16-6-4-10-25-16/h4,6,10,12-14H,3,5,7-9,11H2,1-2H3,(H,20,23)/t14-/m0/s1. The van der Waals surface area contributed by atoms with Crippen LogP contribution >= 0.6 is 11.3 Å². The molecule has 1 N–H and O–H groups in total. The molecule has 1 saturated heterocycles. The Labute approximate surface area is 157 Å². The van der Waals surface area contributed by atoms with Gasteiger partial charge in [0.05, 0.1) is 17.0 Å². The first-order chi connectivity index (χ1) is 12.5. The molecule has 0 radical (unpaired) electrons. The number of carbonyl (C=O) groups excluding carboxylic acids is 2. The van der Waals surface area contributed by atoms with Gasteiger partial charge < -0.3 is 14.6 Å². The van der Waals surface area contributed by atoms with Gasteiger partial charge in [-0.1, -0.05) is 13.8 Å². The van der Waals surface area contributed by atoms with Gasteiger partial charge in [0.25, 0.3) is 5.91 Å². The van der Waals surface area contributed by atoms with Gasteiger partial charge in [-0.15, -0.1) is 11.3 Å².